The number of carbonyl (C=O) groups excluding carboxylic acids is 1. The fraction of sp³-hybridized carbons (Fsp3) is 0.562. The van der Waals surface area contributed by atoms with Gasteiger partial charge in [0.05, 0.1) is 12.2 Å². The summed E-state index contributed by atoms with van der Waals surface area (Å²) in [6.07, 6.45) is -2.98. The average Bonchev–Trinajstić information content (AvgIpc) is 2.96. The van der Waals surface area contributed by atoms with Gasteiger partial charge < -0.3 is 15.0 Å². The van der Waals surface area contributed by atoms with Gasteiger partial charge in [-0.1, -0.05) is 18.2 Å². The zero-order valence-electron chi connectivity index (χ0n) is 13.2. The summed E-state index contributed by atoms with van der Waals surface area (Å²) in [5.74, 6) is -0.242. The van der Waals surface area contributed by atoms with Crippen LogP contribution in [0.5, 0.6) is 0 Å². The second-order valence-electron chi connectivity index (χ2n) is 5.86. The van der Waals surface area contributed by atoms with Crippen LogP contribution in [0.3, 0.4) is 0 Å². The Morgan fingerprint density at radius 1 is 1.39 bits per heavy atom. The summed E-state index contributed by atoms with van der Waals surface area (Å²) in [6, 6.07) is 5.32. The molecule has 4 nitrogen and oxygen atoms in total. The second kappa shape index (κ2) is 6.88. The Kier molecular flexibility index (Phi) is 5.31. The molecule has 1 aliphatic heterocycles. The number of nitrogens with zero attached hydrogens (tertiary/aromatic N) is 1. The highest BCUT2D eigenvalue weighted by Crippen LogP contribution is 2.32. The topological polar surface area (TPSA) is 41.6 Å². The van der Waals surface area contributed by atoms with Gasteiger partial charge in [0.1, 0.15) is 5.54 Å². The van der Waals surface area contributed by atoms with Gasteiger partial charge in [0.2, 0.25) is 5.91 Å². The summed E-state index contributed by atoms with van der Waals surface area (Å²) in [6.45, 7) is 0.806. The number of rotatable bonds is 5. The Labute approximate surface area is 133 Å². The molecule has 1 aromatic carbocycles. The molecule has 0 radical (unpaired) electrons. The van der Waals surface area contributed by atoms with E-state index in [2.05, 4.69) is 5.32 Å². The van der Waals surface area contributed by atoms with Gasteiger partial charge in [-0.3, -0.25) is 4.79 Å². The van der Waals surface area contributed by atoms with E-state index in [0.717, 1.165) is 12.5 Å². The van der Waals surface area contributed by atoms with E-state index in [-0.39, 0.29) is 24.6 Å². The van der Waals surface area contributed by atoms with Crippen molar-refractivity contribution in [3.8, 4) is 0 Å². The van der Waals surface area contributed by atoms with E-state index in [1.807, 2.05) is 0 Å². The Bertz CT molecular complexity index is 555. The van der Waals surface area contributed by atoms with Crippen LogP contribution in [0, 0.1) is 0 Å². The van der Waals surface area contributed by atoms with E-state index < -0.39 is 17.3 Å². The van der Waals surface area contributed by atoms with Gasteiger partial charge in [0.15, 0.2) is 0 Å². The van der Waals surface area contributed by atoms with E-state index in [4.69, 9.17) is 4.74 Å². The number of nitrogens with one attached hydrogen (secondary N) is 1. The molecule has 1 N–H and O–H groups in total. The van der Waals surface area contributed by atoms with Gasteiger partial charge in [-0.15, -0.1) is 0 Å². The number of alkyl halides is 3. The molecular formula is C16H21F3N2O2. The number of likely N-dealkylation sites (N-methyl/N-ethyl adjacent to an activating group) is 1. The lowest BCUT2D eigenvalue weighted by atomic mass is 9.96. The Balaban J connectivity index is 2.19. The number of ether oxygens (including phenoxy) is 1. The van der Waals surface area contributed by atoms with Crippen LogP contribution < -0.4 is 5.32 Å². The number of hydrogen-bond donors (Lipinski definition) is 1. The minimum atomic E-state index is -4.43. The molecule has 23 heavy (non-hydrogen) atoms. The monoisotopic (exact) mass is 330 g/mol. The Hall–Kier alpha value is -1.60. The molecule has 1 unspecified atom stereocenters. The van der Waals surface area contributed by atoms with Gasteiger partial charge >= 0.3 is 6.18 Å². The average molecular weight is 330 g/mol. The van der Waals surface area contributed by atoms with Crippen molar-refractivity contribution in [2.45, 2.75) is 31.1 Å². The van der Waals surface area contributed by atoms with Crippen molar-refractivity contribution in [1.82, 2.24) is 10.2 Å². The molecule has 128 valence electrons. The quantitative estimate of drug-likeness (QED) is 0.902. The molecule has 0 saturated carbocycles. The number of halogens is 3. The second-order valence-corrected chi connectivity index (χ2v) is 5.86. The Morgan fingerprint density at radius 2 is 2.09 bits per heavy atom. The first-order chi connectivity index (χ1) is 10.8. The van der Waals surface area contributed by atoms with E-state index in [1.54, 1.807) is 6.07 Å². The third-order valence-electron chi connectivity index (χ3n) is 4.12. The van der Waals surface area contributed by atoms with Gasteiger partial charge in [-0.05, 0) is 31.0 Å². The zero-order chi connectivity index (χ0) is 17.1. The first-order valence-electron chi connectivity index (χ1n) is 7.45. The van der Waals surface area contributed by atoms with E-state index in [1.165, 1.54) is 31.2 Å². The lowest BCUT2D eigenvalue weighted by Crippen LogP contribution is -2.56. The largest absolute Gasteiger partial charge is 0.416 e. The summed E-state index contributed by atoms with van der Waals surface area (Å²) in [5.41, 5.74) is -1.46. The molecule has 1 amide bonds. The first-order valence-corrected chi connectivity index (χ1v) is 7.45. The molecule has 0 aromatic heterocycles. The highest BCUT2D eigenvalue weighted by molar-refractivity contribution is 5.86. The maximum Gasteiger partial charge on any atom is 0.416 e. The lowest BCUT2D eigenvalue weighted by molar-refractivity contribution is -0.142. The molecule has 1 aromatic rings. The Morgan fingerprint density at radius 3 is 2.65 bits per heavy atom. The van der Waals surface area contributed by atoms with Crippen LogP contribution >= 0.6 is 0 Å². The fourth-order valence-electron chi connectivity index (χ4n) is 3.05. The van der Waals surface area contributed by atoms with Crippen LogP contribution in [0.2, 0.25) is 0 Å². The van der Waals surface area contributed by atoms with Crippen LogP contribution in [0.25, 0.3) is 0 Å². The lowest BCUT2D eigenvalue weighted by Gasteiger charge is -2.32. The maximum atomic E-state index is 13.1. The molecule has 7 heteroatoms. The van der Waals surface area contributed by atoms with Gasteiger partial charge in [0, 0.05) is 20.7 Å². The third-order valence-corrected chi connectivity index (χ3v) is 4.12. The van der Waals surface area contributed by atoms with Crippen molar-refractivity contribution in [2.75, 3.05) is 27.3 Å². The molecule has 0 bridgehead atoms. The molecule has 1 atom stereocenters. The predicted molar refractivity (Wildman–Crippen MR) is 79.8 cm³/mol. The van der Waals surface area contributed by atoms with Crippen molar-refractivity contribution >= 4 is 5.91 Å². The summed E-state index contributed by atoms with van der Waals surface area (Å²) in [7, 11) is 3.03. The number of hydrogen-bond acceptors (Lipinski definition) is 3. The number of amides is 1. The molecule has 1 aliphatic rings. The van der Waals surface area contributed by atoms with Crippen molar-refractivity contribution in [3.63, 3.8) is 0 Å². The van der Waals surface area contributed by atoms with Crippen LogP contribution in [0.1, 0.15) is 24.0 Å². The number of carbonyl (C=O) groups is 1. The number of methoxy groups -OCH3 is 1. The summed E-state index contributed by atoms with van der Waals surface area (Å²) < 4.78 is 44.3. The fourth-order valence-corrected chi connectivity index (χ4v) is 3.05. The predicted octanol–water partition coefficient (Wildman–Crippen LogP) is 2.43. The molecular weight excluding hydrogens is 309 g/mol. The molecule has 0 aliphatic carbocycles. The summed E-state index contributed by atoms with van der Waals surface area (Å²) >= 11 is 0. The van der Waals surface area contributed by atoms with Crippen LogP contribution in [-0.4, -0.2) is 43.7 Å². The standard InChI is InChI=1S/C16H21F3N2O2/c1-21(14(22)15(11-23-2)8-5-9-20-15)10-12-6-3-4-7-13(12)16(17,18)19/h3-4,6-7,20H,5,8-11H2,1-2H3. The minimum Gasteiger partial charge on any atom is -0.382 e. The molecule has 1 fully saturated rings. The highest BCUT2D eigenvalue weighted by atomic mass is 19.4. The van der Waals surface area contributed by atoms with E-state index in [0.29, 0.717) is 13.0 Å². The summed E-state index contributed by atoms with van der Waals surface area (Å²) in [5, 5.41) is 3.14. The van der Waals surface area contributed by atoms with Crippen LogP contribution in [0.4, 0.5) is 13.2 Å². The molecule has 1 heterocycles. The first kappa shape index (κ1) is 17.7. The van der Waals surface area contributed by atoms with Crippen LogP contribution in [0.15, 0.2) is 24.3 Å². The van der Waals surface area contributed by atoms with Gasteiger partial charge in [-0.2, -0.15) is 13.2 Å². The maximum absolute atomic E-state index is 13.1. The van der Waals surface area contributed by atoms with E-state index in [9.17, 15) is 18.0 Å². The van der Waals surface area contributed by atoms with E-state index >= 15 is 0 Å². The van der Waals surface area contributed by atoms with Crippen molar-refractivity contribution in [3.05, 3.63) is 35.4 Å². The molecule has 2 rings (SSSR count). The smallest absolute Gasteiger partial charge is 0.382 e. The zero-order valence-corrected chi connectivity index (χ0v) is 13.2. The molecule has 1 saturated heterocycles. The minimum absolute atomic E-state index is 0.0846. The third kappa shape index (κ3) is 3.84. The van der Waals surface area contributed by atoms with Crippen molar-refractivity contribution in [1.29, 1.82) is 0 Å². The van der Waals surface area contributed by atoms with Gasteiger partial charge in [0.25, 0.3) is 0 Å². The number of benzene rings is 1. The SMILES string of the molecule is COCC1(C(=O)N(C)Cc2ccccc2C(F)(F)F)CCCN1. The van der Waals surface area contributed by atoms with Gasteiger partial charge in [-0.25, -0.2) is 0 Å². The summed E-state index contributed by atoms with van der Waals surface area (Å²) in [4.78, 5) is 14.1. The normalized spacial score (nSPS) is 21.4. The van der Waals surface area contributed by atoms with Crippen molar-refractivity contribution in [2.24, 2.45) is 0 Å². The van der Waals surface area contributed by atoms with Crippen LogP contribution in [-0.2, 0) is 22.3 Å². The van der Waals surface area contributed by atoms with Crippen molar-refractivity contribution < 1.29 is 22.7 Å². The molecule has 0 spiro atoms. The highest BCUT2D eigenvalue weighted by Gasteiger charge is 2.43.